The minimum absolute atomic E-state index is 0.184. The van der Waals surface area contributed by atoms with Gasteiger partial charge in [0.2, 0.25) is 10.0 Å². The number of nitrogens with zero attached hydrogens (tertiary/aromatic N) is 1. The fourth-order valence-electron chi connectivity index (χ4n) is 2.64. The second-order valence-electron chi connectivity index (χ2n) is 4.76. The van der Waals surface area contributed by atoms with Crippen LogP contribution in [0.2, 0.25) is 0 Å². The van der Waals surface area contributed by atoms with Gasteiger partial charge < -0.3 is 5.73 Å². The van der Waals surface area contributed by atoms with Crippen molar-refractivity contribution in [2.24, 2.45) is 5.73 Å². The van der Waals surface area contributed by atoms with Crippen molar-refractivity contribution in [3.63, 3.8) is 0 Å². The minimum atomic E-state index is -3.31. The standard InChI is InChI=1S/C14H16N2O2S/c15-10-12-8-9-16(19(12,17)18)14-7-3-5-11-4-1-2-6-13(11)14/h1-7,12H,8-10,15H2/t12-/m0/s1. The van der Waals surface area contributed by atoms with Crippen molar-refractivity contribution in [2.45, 2.75) is 11.7 Å². The molecule has 0 amide bonds. The molecule has 4 nitrogen and oxygen atoms in total. The third kappa shape index (κ3) is 1.89. The van der Waals surface area contributed by atoms with Crippen molar-refractivity contribution in [3.05, 3.63) is 42.5 Å². The molecule has 2 N–H and O–H groups in total. The van der Waals surface area contributed by atoms with Crippen LogP contribution < -0.4 is 10.0 Å². The van der Waals surface area contributed by atoms with E-state index in [1.807, 2.05) is 42.5 Å². The van der Waals surface area contributed by atoms with E-state index in [4.69, 9.17) is 5.73 Å². The van der Waals surface area contributed by atoms with E-state index in [1.165, 1.54) is 4.31 Å². The molecule has 0 unspecified atom stereocenters. The first-order valence-electron chi connectivity index (χ1n) is 6.34. The van der Waals surface area contributed by atoms with Gasteiger partial charge in [0.15, 0.2) is 0 Å². The second-order valence-corrected chi connectivity index (χ2v) is 6.90. The van der Waals surface area contributed by atoms with Crippen molar-refractivity contribution in [3.8, 4) is 0 Å². The Hall–Kier alpha value is -1.59. The number of hydrogen-bond acceptors (Lipinski definition) is 3. The second kappa shape index (κ2) is 4.51. The Morgan fingerprint density at radius 3 is 2.63 bits per heavy atom. The monoisotopic (exact) mass is 276 g/mol. The zero-order chi connectivity index (χ0) is 13.5. The molecule has 1 fully saturated rings. The van der Waals surface area contributed by atoms with Crippen molar-refractivity contribution in [1.29, 1.82) is 0 Å². The first-order valence-corrected chi connectivity index (χ1v) is 7.84. The van der Waals surface area contributed by atoms with E-state index in [1.54, 1.807) is 0 Å². The first kappa shape index (κ1) is 12.4. The molecule has 5 heteroatoms. The largest absolute Gasteiger partial charge is 0.329 e. The van der Waals surface area contributed by atoms with Crippen LogP contribution in [0.1, 0.15) is 6.42 Å². The molecule has 0 saturated carbocycles. The Balaban J connectivity index is 2.16. The fourth-order valence-corrected chi connectivity index (χ4v) is 4.44. The summed E-state index contributed by atoms with van der Waals surface area (Å²) in [6, 6.07) is 13.6. The number of fused-ring (bicyclic) bond motifs is 1. The topological polar surface area (TPSA) is 63.4 Å². The Bertz CT molecular complexity index is 707. The van der Waals surface area contributed by atoms with Gasteiger partial charge in [-0.2, -0.15) is 0 Å². The highest BCUT2D eigenvalue weighted by Gasteiger charge is 2.38. The molecular weight excluding hydrogens is 260 g/mol. The molecule has 0 radical (unpaired) electrons. The summed E-state index contributed by atoms with van der Waals surface area (Å²) >= 11 is 0. The van der Waals surface area contributed by atoms with Gasteiger partial charge in [-0.25, -0.2) is 8.42 Å². The quantitative estimate of drug-likeness (QED) is 0.908. The predicted molar refractivity (Wildman–Crippen MR) is 77.7 cm³/mol. The van der Waals surface area contributed by atoms with Gasteiger partial charge in [-0.1, -0.05) is 36.4 Å². The average Bonchev–Trinajstić information content (AvgIpc) is 2.72. The van der Waals surface area contributed by atoms with Crippen molar-refractivity contribution >= 4 is 26.5 Å². The highest BCUT2D eigenvalue weighted by Crippen LogP contribution is 2.33. The van der Waals surface area contributed by atoms with Gasteiger partial charge in [0.05, 0.1) is 10.9 Å². The van der Waals surface area contributed by atoms with Crippen LogP contribution in [0, 0.1) is 0 Å². The third-order valence-electron chi connectivity index (χ3n) is 3.68. The van der Waals surface area contributed by atoms with Gasteiger partial charge >= 0.3 is 0 Å². The molecule has 1 atom stereocenters. The number of hydrogen-bond donors (Lipinski definition) is 1. The summed E-state index contributed by atoms with van der Waals surface area (Å²) in [6.45, 7) is 0.696. The molecule has 2 aromatic rings. The molecule has 1 aliphatic heterocycles. The Labute approximate surface area is 112 Å². The number of benzene rings is 2. The van der Waals surface area contributed by atoms with E-state index in [0.717, 1.165) is 16.5 Å². The van der Waals surface area contributed by atoms with Crippen LogP contribution in [-0.2, 0) is 10.0 Å². The number of rotatable bonds is 2. The molecule has 3 rings (SSSR count). The highest BCUT2D eigenvalue weighted by molar-refractivity contribution is 7.93. The maximum Gasteiger partial charge on any atom is 0.239 e. The average molecular weight is 276 g/mol. The van der Waals surface area contributed by atoms with Gasteiger partial charge in [0.25, 0.3) is 0 Å². The van der Waals surface area contributed by atoms with Crippen LogP contribution in [0.25, 0.3) is 10.8 Å². The summed E-state index contributed by atoms with van der Waals surface area (Å²) in [5.41, 5.74) is 6.31. The minimum Gasteiger partial charge on any atom is -0.329 e. The van der Waals surface area contributed by atoms with Crippen LogP contribution >= 0.6 is 0 Å². The van der Waals surface area contributed by atoms with Crippen LogP contribution in [0.4, 0.5) is 5.69 Å². The molecule has 0 aliphatic carbocycles. The lowest BCUT2D eigenvalue weighted by Gasteiger charge is -2.20. The SMILES string of the molecule is NC[C@@H]1CCN(c2cccc3ccccc23)S1(=O)=O. The predicted octanol–water partition coefficient (Wildman–Crippen LogP) is 1.71. The molecular formula is C14H16N2O2S. The number of anilines is 1. The Morgan fingerprint density at radius 2 is 1.89 bits per heavy atom. The van der Waals surface area contributed by atoms with Gasteiger partial charge in [-0.3, -0.25) is 4.31 Å². The maximum atomic E-state index is 12.4. The summed E-state index contributed by atoms with van der Waals surface area (Å²) in [6.07, 6.45) is 0.599. The molecule has 0 bridgehead atoms. The van der Waals surface area contributed by atoms with Crippen LogP contribution in [0.3, 0.4) is 0 Å². The summed E-state index contributed by atoms with van der Waals surface area (Å²) in [5, 5.41) is 1.56. The third-order valence-corrected chi connectivity index (χ3v) is 5.95. The number of nitrogens with two attached hydrogens (primary N) is 1. The van der Waals surface area contributed by atoms with Crippen molar-refractivity contribution in [2.75, 3.05) is 17.4 Å². The molecule has 0 spiro atoms. The molecule has 0 aromatic heterocycles. The lowest BCUT2D eigenvalue weighted by atomic mass is 10.1. The molecule has 1 aliphatic rings. The van der Waals surface area contributed by atoms with E-state index in [2.05, 4.69) is 0 Å². The van der Waals surface area contributed by atoms with E-state index in [-0.39, 0.29) is 6.54 Å². The van der Waals surface area contributed by atoms with Gasteiger partial charge in [0.1, 0.15) is 0 Å². The first-order chi connectivity index (χ1) is 9.14. The Morgan fingerprint density at radius 1 is 1.16 bits per heavy atom. The van der Waals surface area contributed by atoms with E-state index >= 15 is 0 Å². The summed E-state index contributed by atoms with van der Waals surface area (Å²) in [7, 11) is -3.31. The Kier molecular flexibility index (Phi) is 2.95. The smallest absolute Gasteiger partial charge is 0.239 e. The fraction of sp³-hybridized carbons (Fsp3) is 0.286. The summed E-state index contributed by atoms with van der Waals surface area (Å²) in [5.74, 6) is 0. The van der Waals surface area contributed by atoms with Gasteiger partial charge in [-0.15, -0.1) is 0 Å². The van der Waals surface area contributed by atoms with Crippen LogP contribution in [0.5, 0.6) is 0 Å². The van der Waals surface area contributed by atoms with E-state index in [9.17, 15) is 8.42 Å². The highest BCUT2D eigenvalue weighted by atomic mass is 32.2. The van der Waals surface area contributed by atoms with Crippen LogP contribution in [0.15, 0.2) is 42.5 Å². The maximum absolute atomic E-state index is 12.4. The lowest BCUT2D eigenvalue weighted by molar-refractivity contribution is 0.588. The molecule has 100 valence electrons. The zero-order valence-electron chi connectivity index (χ0n) is 10.5. The van der Waals surface area contributed by atoms with Crippen LogP contribution in [-0.4, -0.2) is 26.8 Å². The van der Waals surface area contributed by atoms with E-state index < -0.39 is 15.3 Å². The van der Waals surface area contributed by atoms with Gasteiger partial charge in [-0.05, 0) is 17.9 Å². The number of sulfonamides is 1. The molecule has 19 heavy (non-hydrogen) atoms. The normalized spacial score (nSPS) is 21.9. The van der Waals surface area contributed by atoms with Crippen molar-refractivity contribution < 1.29 is 8.42 Å². The lowest BCUT2D eigenvalue weighted by Crippen LogP contribution is -2.33. The molecule has 1 heterocycles. The van der Waals surface area contributed by atoms with Gasteiger partial charge in [0, 0.05) is 18.5 Å². The zero-order valence-corrected chi connectivity index (χ0v) is 11.3. The summed E-state index contributed by atoms with van der Waals surface area (Å²) < 4.78 is 26.3. The van der Waals surface area contributed by atoms with Crippen molar-refractivity contribution in [1.82, 2.24) is 0 Å². The summed E-state index contributed by atoms with van der Waals surface area (Å²) in [4.78, 5) is 0. The molecule has 2 aromatic carbocycles. The molecule has 1 saturated heterocycles. The van der Waals surface area contributed by atoms with E-state index in [0.29, 0.717) is 13.0 Å².